The predicted molar refractivity (Wildman–Crippen MR) is 92.7 cm³/mol. The van der Waals surface area contributed by atoms with Crippen LogP contribution in [0.1, 0.15) is 28.8 Å². The zero-order chi connectivity index (χ0) is 17.8. The second kappa shape index (κ2) is 7.93. The number of piperidine rings is 1. The Hall–Kier alpha value is -1.98. The number of quaternary nitrogens is 1. The van der Waals surface area contributed by atoms with Crippen molar-refractivity contribution in [1.29, 1.82) is 0 Å². The highest BCUT2D eigenvalue weighted by Crippen LogP contribution is 2.11. The first-order valence-corrected chi connectivity index (χ1v) is 8.72. The van der Waals surface area contributed by atoms with Gasteiger partial charge in [0.05, 0.1) is 13.1 Å². The van der Waals surface area contributed by atoms with Gasteiger partial charge in [0.15, 0.2) is 0 Å². The second-order valence-corrected chi connectivity index (χ2v) is 6.90. The van der Waals surface area contributed by atoms with Crippen molar-refractivity contribution >= 4 is 17.5 Å². The molecule has 2 N–H and O–H groups in total. The Morgan fingerprint density at radius 1 is 1.08 bits per heavy atom. The van der Waals surface area contributed by atoms with Crippen molar-refractivity contribution in [2.24, 2.45) is 0 Å². The molecule has 0 aliphatic carbocycles. The molecule has 0 bridgehead atoms. The number of hydrogen-bond acceptors (Lipinski definition) is 1. The Kier molecular flexibility index (Phi) is 5.66. The summed E-state index contributed by atoms with van der Waals surface area (Å²) in [5.41, 5.74) is 1.26. The SMILES string of the molecule is O=C(NC1CC[NH+](Cc2ccc(Cl)cc2)CC1)c1cc(F)cc(F)c1. The van der Waals surface area contributed by atoms with Crippen LogP contribution < -0.4 is 10.2 Å². The third-order valence-corrected chi connectivity index (χ3v) is 4.77. The first-order valence-electron chi connectivity index (χ1n) is 8.34. The molecule has 0 unspecified atom stereocenters. The highest BCUT2D eigenvalue weighted by Gasteiger charge is 2.24. The number of benzene rings is 2. The number of likely N-dealkylation sites (tertiary alicyclic amines) is 1. The van der Waals surface area contributed by atoms with Crippen molar-refractivity contribution in [3.05, 3.63) is 70.2 Å². The molecule has 6 heteroatoms. The molecule has 1 amide bonds. The van der Waals surface area contributed by atoms with E-state index in [1.165, 1.54) is 10.5 Å². The maximum atomic E-state index is 13.2. The quantitative estimate of drug-likeness (QED) is 0.858. The maximum Gasteiger partial charge on any atom is 0.251 e. The van der Waals surface area contributed by atoms with Gasteiger partial charge in [0.2, 0.25) is 0 Å². The molecule has 0 radical (unpaired) electrons. The lowest BCUT2D eigenvalue weighted by molar-refractivity contribution is -0.918. The van der Waals surface area contributed by atoms with Crippen LogP contribution in [0.3, 0.4) is 0 Å². The van der Waals surface area contributed by atoms with Gasteiger partial charge in [-0.15, -0.1) is 0 Å². The number of amides is 1. The van der Waals surface area contributed by atoms with Crippen molar-refractivity contribution in [1.82, 2.24) is 5.32 Å². The van der Waals surface area contributed by atoms with E-state index in [2.05, 4.69) is 5.32 Å². The van der Waals surface area contributed by atoms with Crippen LogP contribution in [0.4, 0.5) is 8.78 Å². The largest absolute Gasteiger partial charge is 0.349 e. The monoisotopic (exact) mass is 365 g/mol. The highest BCUT2D eigenvalue weighted by molar-refractivity contribution is 6.30. The lowest BCUT2D eigenvalue weighted by atomic mass is 10.0. The second-order valence-electron chi connectivity index (χ2n) is 6.46. The van der Waals surface area contributed by atoms with Crippen LogP contribution >= 0.6 is 11.6 Å². The van der Waals surface area contributed by atoms with Gasteiger partial charge in [0, 0.05) is 41.1 Å². The average Bonchev–Trinajstić information content (AvgIpc) is 2.58. The Morgan fingerprint density at radius 3 is 2.28 bits per heavy atom. The molecule has 1 aliphatic rings. The van der Waals surface area contributed by atoms with Crippen LogP contribution in [0.2, 0.25) is 5.02 Å². The highest BCUT2D eigenvalue weighted by atomic mass is 35.5. The van der Waals surface area contributed by atoms with Crippen LogP contribution in [0, 0.1) is 11.6 Å². The van der Waals surface area contributed by atoms with E-state index in [1.807, 2.05) is 24.3 Å². The van der Waals surface area contributed by atoms with Crippen molar-refractivity contribution in [3.63, 3.8) is 0 Å². The zero-order valence-corrected chi connectivity index (χ0v) is 14.5. The maximum absolute atomic E-state index is 13.2. The standard InChI is InChI=1S/C19H19ClF2N2O/c20-15-3-1-13(2-4-15)12-24-7-5-18(6-8-24)23-19(25)14-9-16(21)11-17(22)10-14/h1-4,9-11,18H,5-8,12H2,(H,23,25)/p+1. The molecule has 2 aromatic rings. The summed E-state index contributed by atoms with van der Waals surface area (Å²) in [5.74, 6) is -1.91. The molecule has 1 saturated heterocycles. The number of carbonyl (C=O) groups is 1. The minimum Gasteiger partial charge on any atom is -0.349 e. The van der Waals surface area contributed by atoms with Gasteiger partial charge in [-0.3, -0.25) is 4.79 Å². The van der Waals surface area contributed by atoms with E-state index in [0.717, 1.165) is 55.7 Å². The molecule has 0 atom stereocenters. The Bertz CT molecular complexity index is 723. The van der Waals surface area contributed by atoms with Crippen LogP contribution in [-0.4, -0.2) is 25.0 Å². The van der Waals surface area contributed by atoms with Gasteiger partial charge in [0.1, 0.15) is 18.2 Å². The molecule has 1 aliphatic heterocycles. The van der Waals surface area contributed by atoms with Crippen LogP contribution in [0.5, 0.6) is 0 Å². The van der Waals surface area contributed by atoms with Crippen LogP contribution in [0.25, 0.3) is 0 Å². The molecule has 2 aromatic carbocycles. The van der Waals surface area contributed by atoms with E-state index in [9.17, 15) is 13.6 Å². The van der Waals surface area contributed by atoms with Gasteiger partial charge in [-0.1, -0.05) is 23.7 Å². The van der Waals surface area contributed by atoms with Gasteiger partial charge in [-0.25, -0.2) is 8.78 Å². The average molecular weight is 366 g/mol. The van der Waals surface area contributed by atoms with Crippen molar-refractivity contribution in [2.45, 2.75) is 25.4 Å². The molecule has 0 saturated carbocycles. The molecule has 0 spiro atoms. The van der Waals surface area contributed by atoms with E-state index in [0.29, 0.717) is 0 Å². The first-order chi connectivity index (χ1) is 12.0. The third-order valence-electron chi connectivity index (χ3n) is 4.52. The number of halogens is 3. The van der Waals surface area contributed by atoms with Gasteiger partial charge < -0.3 is 10.2 Å². The summed E-state index contributed by atoms with van der Waals surface area (Å²) >= 11 is 5.90. The van der Waals surface area contributed by atoms with E-state index in [4.69, 9.17) is 11.6 Å². The minimum absolute atomic E-state index is 0.0217. The molecule has 25 heavy (non-hydrogen) atoms. The minimum atomic E-state index is -0.743. The Balaban J connectivity index is 1.50. The summed E-state index contributed by atoms with van der Waals surface area (Å²) in [6.45, 7) is 2.79. The summed E-state index contributed by atoms with van der Waals surface area (Å²) < 4.78 is 26.4. The molecular formula is C19H20ClF2N2O+. The van der Waals surface area contributed by atoms with Gasteiger partial charge >= 0.3 is 0 Å². The summed E-state index contributed by atoms with van der Waals surface area (Å²) in [6.07, 6.45) is 1.68. The van der Waals surface area contributed by atoms with E-state index in [-0.39, 0.29) is 11.6 Å². The van der Waals surface area contributed by atoms with E-state index in [1.54, 1.807) is 0 Å². The lowest BCUT2D eigenvalue weighted by Gasteiger charge is -2.29. The number of hydrogen-bond donors (Lipinski definition) is 2. The topological polar surface area (TPSA) is 33.5 Å². The van der Waals surface area contributed by atoms with Crippen molar-refractivity contribution in [2.75, 3.05) is 13.1 Å². The van der Waals surface area contributed by atoms with E-state index < -0.39 is 17.5 Å². The smallest absolute Gasteiger partial charge is 0.251 e. The molecule has 3 rings (SSSR count). The third kappa shape index (κ3) is 5.00. The molecule has 1 heterocycles. The summed E-state index contributed by atoms with van der Waals surface area (Å²) in [7, 11) is 0. The van der Waals surface area contributed by atoms with Gasteiger partial charge in [-0.05, 0) is 24.3 Å². The fraction of sp³-hybridized carbons (Fsp3) is 0.316. The fourth-order valence-electron chi connectivity index (χ4n) is 3.19. The van der Waals surface area contributed by atoms with Crippen molar-refractivity contribution < 1.29 is 18.5 Å². The van der Waals surface area contributed by atoms with Gasteiger partial charge in [-0.2, -0.15) is 0 Å². The zero-order valence-electron chi connectivity index (χ0n) is 13.7. The number of nitrogens with one attached hydrogen (secondary N) is 2. The molecule has 1 fully saturated rings. The lowest BCUT2D eigenvalue weighted by Crippen LogP contribution is -3.12. The molecule has 132 valence electrons. The normalized spacial score (nSPS) is 20.3. The van der Waals surface area contributed by atoms with Gasteiger partial charge in [0.25, 0.3) is 5.91 Å². The van der Waals surface area contributed by atoms with Crippen LogP contribution in [0.15, 0.2) is 42.5 Å². The molecular weight excluding hydrogens is 346 g/mol. The summed E-state index contributed by atoms with van der Waals surface area (Å²) in [6, 6.07) is 10.7. The fourth-order valence-corrected chi connectivity index (χ4v) is 3.32. The van der Waals surface area contributed by atoms with Crippen molar-refractivity contribution in [3.8, 4) is 0 Å². The Labute approximate surface area is 150 Å². The Morgan fingerprint density at radius 2 is 1.68 bits per heavy atom. The number of carbonyl (C=O) groups excluding carboxylic acids is 1. The number of rotatable bonds is 4. The first kappa shape index (κ1) is 17.8. The summed E-state index contributed by atoms with van der Waals surface area (Å²) in [5, 5.41) is 3.61. The molecule has 3 nitrogen and oxygen atoms in total. The molecule has 0 aromatic heterocycles. The van der Waals surface area contributed by atoms with Crippen LogP contribution in [-0.2, 0) is 6.54 Å². The predicted octanol–water partition coefficient (Wildman–Crippen LogP) is 2.60. The summed E-state index contributed by atoms with van der Waals surface area (Å²) in [4.78, 5) is 13.6. The van der Waals surface area contributed by atoms with E-state index >= 15 is 0 Å².